The van der Waals surface area contributed by atoms with Gasteiger partial charge in [0.25, 0.3) is 0 Å². The average molecular weight is 334 g/mol. The van der Waals surface area contributed by atoms with Crippen LogP contribution < -0.4 is 5.32 Å². The van der Waals surface area contributed by atoms with Gasteiger partial charge in [-0.25, -0.2) is 4.79 Å². The van der Waals surface area contributed by atoms with Gasteiger partial charge >= 0.3 is 5.97 Å². The Labute approximate surface area is 142 Å². The molecule has 0 spiro atoms. The van der Waals surface area contributed by atoms with Crippen molar-refractivity contribution >= 4 is 17.8 Å². The number of amides is 2. The van der Waals surface area contributed by atoms with Crippen LogP contribution in [0.5, 0.6) is 0 Å². The molecule has 0 saturated carbocycles. The second kappa shape index (κ2) is 10.4. The van der Waals surface area contributed by atoms with Crippen LogP contribution >= 0.6 is 0 Å². The van der Waals surface area contributed by atoms with Crippen LogP contribution in [-0.4, -0.2) is 46.9 Å². The molecule has 2 amide bonds. The molecule has 2 N–H and O–H groups in total. The van der Waals surface area contributed by atoms with Crippen molar-refractivity contribution in [1.82, 2.24) is 10.2 Å². The molecule has 0 fully saturated rings. The minimum Gasteiger partial charge on any atom is -0.480 e. The molecule has 1 aromatic carbocycles. The molecule has 0 bridgehead atoms. The van der Waals surface area contributed by atoms with Gasteiger partial charge in [0.15, 0.2) is 0 Å². The Balaban J connectivity index is 2.55. The smallest absolute Gasteiger partial charge is 0.326 e. The Kier molecular flexibility index (Phi) is 8.54. The van der Waals surface area contributed by atoms with Crippen molar-refractivity contribution in [3.8, 4) is 0 Å². The van der Waals surface area contributed by atoms with Gasteiger partial charge in [-0.2, -0.15) is 0 Å². The molecule has 132 valence electrons. The Hall–Kier alpha value is -2.37. The first-order valence-corrected chi connectivity index (χ1v) is 8.25. The molecule has 6 nitrogen and oxygen atoms in total. The molecule has 0 radical (unpaired) electrons. The number of carbonyl (C=O) groups excluding carboxylic acids is 2. The van der Waals surface area contributed by atoms with E-state index in [0.29, 0.717) is 19.4 Å². The molecule has 0 aliphatic rings. The fourth-order valence-corrected chi connectivity index (χ4v) is 2.34. The average Bonchev–Trinajstić information content (AvgIpc) is 2.55. The van der Waals surface area contributed by atoms with E-state index in [4.69, 9.17) is 5.11 Å². The predicted molar refractivity (Wildman–Crippen MR) is 91.5 cm³/mol. The number of nitrogens with zero attached hydrogens (tertiary/aromatic N) is 1. The highest BCUT2D eigenvalue weighted by Crippen LogP contribution is 2.03. The summed E-state index contributed by atoms with van der Waals surface area (Å²) in [7, 11) is 0. The van der Waals surface area contributed by atoms with Gasteiger partial charge in [-0.3, -0.25) is 9.59 Å². The number of carboxylic acid groups (broad SMARTS) is 1. The minimum atomic E-state index is -1.05. The molecule has 0 saturated heterocycles. The fraction of sp³-hybridized carbons (Fsp3) is 0.500. The first kappa shape index (κ1) is 19.7. The Bertz CT molecular complexity index is 545. The van der Waals surface area contributed by atoms with Crippen molar-refractivity contribution in [2.24, 2.45) is 0 Å². The van der Waals surface area contributed by atoms with Crippen molar-refractivity contribution in [3.05, 3.63) is 35.9 Å². The molecule has 0 aliphatic heterocycles. The maximum atomic E-state index is 12.1. The zero-order chi connectivity index (χ0) is 17.9. The third-order valence-corrected chi connectivity index (χ3v) is 3.77. The molecule has 6 heteroatoms. The summed E-state index contributed by atoms with van der Waals surface area (Å²) in [5.41, 5.74) is 1.08. The Morgan fingerprint density at radius 3 is 2.42 bits per heavy atom. The van der Waals surface area contributed by atoms with Gasteiger partial charge in [0, 0.05) is 13.5 Å². The van der Waals surface area contributed by atoms with E-state index < -0.39 is 17.9 Å². The summed E-state index contributed by atoms with van der Waals surface area (Å²) in [4.78, 5) is 36.4. The van der Waals surface area contributed by atoms with Crippen LogP contribution in [0.2, 0.25) is 0 Å². The predicted octanol–water partition coefficient (Wildman–Crippen LogP) is 1.84. The third kappa shape index (κ3) is 7.26. The largest absolute Gasteiger partial charge is 0.480 e. The van der Waals surface area contributed by atoms with Crippen LogP contribution in [0.25, 0.3) is 0 Å². The van der Waals surface area contributed by atoms with Crippen LogP contribution in [-0.2, 0) is 20.8 Å². The number of carboxylic acids is 1. The molecule has 0 heterocycles. The van der Waals surface area contributed by atoms with Gasteiger partial charge < -0.3 is 15.3 Å². The second-order valence-electron chi connectivity index (χ2n) is 5.78. The maximum absolute atomic E-state index is 12.1. The topological polar surface area (TPSA) is 86.7 Å². The van der Waals surface area contributed by atoms with Gasteiger partial charge in [-0.1, -0.05) is 50.1 Å². The number of aliphatic carboxylic acids is 1. The van der Waals surface area contributed by atoms with Crippen LogP contribution in [0.4, 0.5) is 0 Å². The minimum absolute atomic E-state index is 0.127. The Morgan fingerprint density at radius 2 is 1.88 bits per heavy atom. The zero-order valence-corrected chi connectivity index (χ0v) is 14.3. The summed E-state index contributed by atoms with van der Waals surface area (Å²) in [6.45, 7) is 3.66. The van der Waals surface area contributed by atoms with Crippen molar-refractivity contribution < 1.29 is 19.5 Å². The highest BCUT2D eigenvalue weighted by atomic mass is 16.4. The molecule has 0 aliphatic carbocycles. The maximum Gasteiger partial charge on any atom is 0.326 e. The van der Waals surface area contributed by atoms with Crippen LogP contribution in [0.3, 0.4) is 0 Å². The van der Waals surface area contributed by atoms with Gasteiger partial charge in [0.1, 0.15) is 6.04 Å². The number of nitrogens with one attached hydrogen (secondary N) is 1. The van der Waals surface area contributed by atoms with Crippen molar-refractivity contribution in [1.29, 1.82) is 0 Å². The lowest BCUT2D eigenvalue weighted by Crippen LogP contribution is -2.47. The van der Waals surface area contributed by atoms with E-state index in [9.17, 15) is 14.4 Å². The van der Waals surface area contributed by atoms with E-state index >= 15 is 0 Å². The highest BCUT2D eigenvalue weighted by Gasteiger charge is 2.21. The quantitative estimate of drug-likeness (QED) is 0.683. The number of hydrogen-bond acceptors (Lipinski definition) is 3. The number of unbranched alkanes of at least 4 members (excludes halogenated alkanes) is 1. The third-order valence-electron chi connectivity index (χ3n) is 3.77. The monoisotopic (exact) mass is 334 g/mol. The normalized spacial score (nSPS) is 11.6. The van der Waals surface area contributed by atoms with Gasteiger partial charge in [-0.15, -0.1) is 0 Å². The van der Waals surface area contributed by atoms with Crippen molar-refractivity contribution in [3.63, 3.8) is 0 Å². The van der Waals surface area contributed by atoms with Gasteiger partial charge in [0.05, 0.1) is 6.54 Å². The summed E-state index contributed by atoms with van der Waals surface area (Å²) >= 11 is 0. The zero-order valence-electron chi connectivity index (χ0n) is 14.3. The molecular weight excluding hydrogens is 308 g/mol. The standard InChI is InChI=1S/C18H26N2O4/c1-3-4-10-16(18(23)24)19-17(22)13-20(14(2)21)12-11-15-8-6-5-7-9-15/h5-9,16H,3-4,10-13H2,1-2H3,(H,19,22)(H,23,24)/t16-/m0/s1. The van der Waals surface area contributed by atoms with Crippen molar-refractivity contribution in [2.75, 3.05) is 13.1 Å². The lowest BCUT2D eigenvalue weighted by atomic mass is 10.1. The molecule has 1 atom stereocenters. The first-order valence-electron chi connectivity index (χ1n) is 8.25. The summed E-state index contributed by atoms with van der Waals surface area (Å²) in [6, 6.07) is 8.78. The number of rotatable bonds is 10. The van der Waals surface area contributed by atoms with E-state index in [2.05, 4.69) is 5.32 Å². The summed E-state index contributed by atoms with van der Waals surface area (Å²) in [5, 5.41) is 11.7. The lowest BCUT2D eigenvalue weighted by Gasteiger charge is -2.22. The summed E-state index contributed by atoms with van der Waals surface area (Å²) in [5.74, 6) is -1.70. The SMILES string of the molecule is CCCC[C@H](NC(=O)CN(CCc1ccccc1)C(C)=O)C(=O)O. The van der Waals surface area contributed by atoms with Gasteiger partial charge in [0.2, 0.25) is 11.8 Å². The van der Waals surface area contributed by atoms with Crippen LogP contribution in [0.1, 0.15) is 38.7 Å². The fourth-order valence-electron chi connectivity index (χ4n) is 2.34. The van der Waals surface area contributed by atoms with E-state index in [1.807, 2.05) is 37.3 Å². The number of carbonyl (C=O) groups is 3. The van der Waals surface area contributed by atoms with E-state index in [1.54, 1.807) is 0 Å². The van der Waals surface area contributed by atoms with E-state index in [-0.39, 0.29) is 12.5 Å². The Morgan fingerprint density at radius 1 is 1.21 bits per heavy atom. The number of benzene rings is 1. The molecule has 0 aromatic heterocycles. The molecule has 24 heavy (non-hydrogen) atoms. The number of hydrogen-bond donors (Lipinski definition) is 2. The summed E-state index contributed by atoms with van der Waals surface area (Å²) in [6.07, 6.45) is 2.62. The van der Waals surface area contributed by atoms with Crippen LogP contribution in [0, 0.1) is 0 Å². The van der Waals surface area contributed by atoms with E-state index in [0.717, 1.165) is 18.4 Å². The highest BCUT2D eigenvalue weighted by molar-refractivity contribution is 5.87. The molecule has 1 aromatic rings. The summed E-state index contributed by atoms with van der Waals surface area (Å²) < 4.78 is 0. The van der Waals surface area contributed by atoms with Crippen molar-refractivity contribution in [2.45, 2.75) is 45.6 Å². The molecular formula is C18H26N2O4. The molecule has 0 unspecified atom stereocenters. The van der Waals surface area contributed by atoms with Crippen LogP contribution in [0.15, 0.2) is 30.3 Å². The van der Waals surface area contributed by atoms with Gasteiger partial charge in [-0.05, 0) is 18.4 Å². The molecule has 1 rings (SSSR count). The second-order valence-corrected chi connectivity index (χ2v) is 5.78. The van der Waals surface area contributed by atoms with E-state index in [1.165, 1.54) is 11.8 Å². The lowest BCUT2D eigenvalue weighted by molar-refractivity contribution is -0.142. The first-order chi connectivity index (χ1) is 11.4.